The van der Waals surface area contributed by atoms with Crippen molar-refractivity contribution in [3.8, 4) is 0 Å². The maximum absolute atomic E-state index is 11.9. The number of nitrogens with zero attached hydrogens (tertiary/aromatic N) is 1. The molecule has 0 aromatic rings. The van der Waals surface area contributed by atoms with Crippen molar-refractivity contribution in [2.75, 3.05) is 39.4 Å². The normalized spacial score (nSPS) is 26.0. The van der Waals surface area contributed by atoms with E-state index in [9.17, 15) is 9.59 Å². The monoisotopic (exact) mass is 271 g/mol. The van der Waals surface area contributed by atoms with Crippen LogP contribution in [-0.4, -0.2) is 73.4 Å². The molecule has 0 saturated carbocycles. The van der Waals surface area contributed by atoms with Gasteiger partial charge in [-0.2, -0.15) is 0 Å². The number of piperazine rings is 1. The maximum Gasteiger partial charge on any atom is 0.322 e. The van der Waals surface area contributed by atoms with Crippen molar-refractivity contribution in [1.29, 1.82) is 0 Å². The molecule has 2 aliphatic heterocycles. The third kappa shape index (κ3) is 4.15. The second-order valence-corrected chi connectivity index (χ2v) is 4.98. The molecular formula is C12H21N3O4. The summed E-state index contributed by atoms with van der Waals surface area (Å²) in [6.45, 7) is 3.19. The van der Waals surface area contributed by atoms with E-state index in [1.54, 1.807) is 4.90 Å². The number of amides is 1. The van der Waals surface area contributed by atoms with Gasteiger partial charge in [-0.3, -0.25) is 14.5 Å². The summed E-state index contributed by atoms with van der Waals surface area (Å²) in [4.78, 5) is 24.8. The Bertz CT molecular complexity index is 331. The highest BCUT2D eigenvalue weighted by molar-refractivity contribution is 5.80. The summed E-state index contributed by atoms with van der Waals surface area (Å²) in [5.74, 6) is -0.980. The molecule has 2 heterocycles. The van der Waals surface area contributed by atoms with Gasteiger partial charge in [-0.1, -0.05) is 0 Å². The fourth-order valence-corrected chi connectivity index (χ4v) is 2.48. The van der Waals surface area contributed by atoms with E-state index in [1.165, 1.54) is 0 Å². The Kier molecular flexibility index (Phi) is 5.12. The van der Waals surface area contributed by atoms with Gasteiger partial charge in [0.05, 0.1) is 6.54 Å². The fraction of sp³-hybridized carbons (Fsp3) is 0.833. The van der Waals surface area contributed by atoms with Crippen LogP contribution in [0.1, 0.15) is 12.8 Å². The first-order valence-electron chi connectivity index (χ1n) is 6.71. The molecule has 0 aromatic heterocycles. The molecule has 7 nitrogen and oxygen atoms in total. The smallest absolute Gasteiger partial charge is 0.322 e. The van der Waals surface area contributed by atoms with E-state index in [-0.39, 0.29) is 18.5 Å². The summed E-state index contributed by atoms with van der Waals surface area (Å²) in [5.41, 5.74) is 0. The number of hydrogen-bond acceptors (Lipinski definition) is 5. The average Bonchev–Trinajstić information content (AvgIpc) is 2.40. The van der Waals surface area contributed by atoms with Gasteiger partial charge < -0.3 is 20.5 Å². The number of carboxylic acids is 1. The van der Waals surface area contributed by atoms with E-state index < -0.39 is 12.0 Å². The van der Waals surface area contributed by atoms with Crippen molar-refractivity contribution in [2.45, 2.75) is 24.9 Å². The lowest BCUT2D eigenvalue weighted by Crippen LogP contribution is -2.57. The maximum atomic E-state index is 11.9. The van der Waals surface area contributed by atoms with Gasteiger partial charge in [-0.15, -0.1) is 0 Å². The number of nitrogens with one attached hydrogen (secondary N) is 2. The fourth-order valence-electron chi connectivity index (χ4n) is 2.48. The molecule has 0 aromatic carbocycles. The first-order chi connectivity index (χ1) is 9.16. The lowest BCUT2D eigenvalue weighted by molar-refractivity contribution is -0.144. The Labute approximate surface area is 112 Å². The van der Waals surface area contributed by atoms with Crippen molar-refractivity contribution in [2.24, 2.45) is 0 Å². The van der Waals surface area contributed by atoms with Crippen LogP contribution in [0.5, 0.6) is 0 Å². The van der Waals surface area contributed by atoms with Crippen molar-refractivity contribution in [3.05, 3.63) is 0 Å². The zero-order valence-corrected chi connectivity index (χ0v) is 10.9. The third-order valence-corrected chi connectivity index (χ3v) is 3.57. The van der Waals surface area contributed by atoms with Crippen LogP contribution in [0.2, 0.25) is 0 Å². The van der Waals surface area contributed by atoms with Crippen LogP contribution >= 0.6 is 0 Å². The van der Waals surface area contributed by atoms with Gasteiger partial charge in [0.2, 0.25) is 5.91 Å². The lowest BCUT2D eigenvalue weighted by atomic mass is 10.1. The van der Waals surface area contributed by atoms with Gasteiger partial charge in [0, 0.05) is 38.9 Å². The molecule has 2 rings (SSSR count). The van der Waals surface area contributed by atoms with E-state index in [0.29, 0.717) is 32.8 Å². The second-order valence-electron chi connectivity index (χ2n) is 4.98. The second kappa shape index (κ2) is 6.83. The minimum Gasteiger partial charge on any atom is -0.480 e. The van der Waals surface area contributed by atoms with Crippen LogP contribution < -0.4 is 10.6 Å². The van der Waals surface area contributed by atoms with Gasteiger partial charge in [0.1, 0.15) is 6.04 Å². The molecule has 0 radical (unpaired) electrons. The number of aliphatic carboxylic acids is 1. The predicted molar refractivity (Wildman–Crippen MR) is 67.9 cm³/mol. The van der Waals surface area contributed by atoms with E-state index in [1.807, 2.05) is 0 Å². The molecule has 1 unspecified atom stereocenters. The molecule has 2 aliphatic rings. The van der Waals surface area contributed by atoms with E-state index in [4.69, 9.17) is 9.84 Å². The van der Waals surface area contributed by atoms with Crippen molar-refractivity contribution in [3.63, 3.8) is 0 Å². The largest absolute Gasteiger partial charge is 0.480 e. The summed E-state index contributed by atoms with van der Waals surface area (Å²) in [6.07, 6.45) is 1.66. The number of carbonyl (C=O) groups excluding carboxylic acids is 1. The van der Waals surface area contributed by atoms with E-state index in [0.717, 1.165) is 12.8 Å². The topological polar surface area (TPSA) is 90.9 Å². The van der Waals surface area contributed by atoms with Crippen LogP contribution in [-0.2, 0) is 14.3 Å². The third-order valence-electron chi connectivity index (χ3n) is 3.57. The summed E-state index contributed by atoms with van der Waals surface area (Å²) in [5, 5.41) is 15.1. The van der Waals surface area contributed by atoms with Crippen molar-refractivity contribution >= 4 is 11.9 Å². The first-order valence-corrected chi connectivity index (χ1v) is 6.71. The standard InChI is InChI=1S/C12H21N3O4/c16-11(14-9-1-5-19-6-2-9)8-15-4-3-13-7-10(15)12(17)18/h9-10,13H,1-8H2,(H,14,16)(H,17,18). The zero-order valence-electron chi connectivity index (χ0n) is 10.9. The molecule has 0 spiro atoms. The Morgan fingerprint density at radius 3 is 2.79 bits per heavy atom. The Morgan fingerprint density at radius 2 is 2.11 bits per heavy atom. The summed E-state index contributed by atoms with van der Waals surface area (Å²) in [6, 6.07) is -0.457. The highest BCUT2D eigenvalue weighted by Crippen LogP contribution is 2.07. The minimum absolute atomic E-state index is 0.0972. The number of hydrogen-bond donors (Lipinski definition) is 3. The lowest BCUT2D eigenvalue weighted by Gasteiger charge is -2.33. The molecule has 108 valence electrons. The Hall–Kier alpha value is -1.18. The van der Waals surface area contributed by atoms with Gasteiger partial charge in [-0.05, 0) is 12.8 Å². The molecule has 7 heteroatoms. The van der Waals surface area contributed by atoms with Crippen LogP contribution in [0.15, 0.2) is 0 Å². The summed E-state index contributed by atoms with van der Waals surface area (Å²) < 4.78 is 5.23. The predicted octanol–water partition coefficient (Wildman–Crippen LogP) is -1.36. The van der Waals surface area contributed by atoms with Crippen LogP contribution in [0.25, 0.3) is 0 Å². The molecule has 2 saturated heterocycles. The molecule has 1 amide bonds. The van der Waals surface area contributed by atoms with E-state index >= 15 is 0 Å². The van der Waals surface area contributed by atoms with Crippen LogP contribution in [0.4, 0.5) is 0 Å². The van der Waals surface area contributed by atoms with Gasteiger partial charge >= 0.3 is 5.97 Å². The highest BCUT2D eigenvalue weighted by atomic mass is 16.5. The number of carboxylic acid groups (broad SMARTS) is 1. The average molecular weight is 271 g/mol. The SMILES string of the molecule is O=C(CN1CCNCC1C(=O)O)NC1CCOCC1. The molecule has 0 aliphatic carbocycles. The molecule has 19 heavy (non-hydrogen) atoms. The van der Waals surface area contributed by atoms with E-state index in [2.05, 4.69) is 10.6 Å². The number of carbonyl (C=O) groups is 2. The summed E-state index contributed by atoms with van der Waals surface area (Å²) >= 11 is 0. The summed E-state index contributed by atoms with van der Waals surface area (Å²) in [7, 11) is 0. The molecule has 0 bridgehead atoms. The number of rotatable bonds is 4. The quantitative estimate of drug-likeness (QED) is 0.585. The van der Waals surface area contributed by atoms with Gasteiger partial charge in [0.25, 0.3) is 0 Å². The molecule has 2 fully saturated rings. The first kappa shape index (κ1) is 14.2. The molecule has 1 atom stereocenters. The van der Waals surface area contributed by atoms with Crippen LogP contribution in [0, 0.1) is 0 Å². The van der Waals surface area contributed by atoms with Crippen molar-refractivity contribution in [1.82, 2.24) is 15.5 Å². The minimum atomic E-state index is -0.883. The Balaban J connectivity index is 1.80. The molecular weight excluding hydrogens is 250 g/mol. The highest BCUT2D eigenvalue weighted by Gasteiger charge is 2.30. The zero-order chi connectivity index (χ0) is 13.7. The van der Waals surface area contributed by atoms with Crippen LogP contribution in [0.3, 0.4) is 0 Å². The number of ether oxygens (including phenoxy) is 1. The Morgan fingerprint density at radius 1 is 1.37 bits per heavy atom. The molecule has 3 N–H and O–H groups in total. The van der Waals surface area contributed by atoms with Gasteiger partial charge in [-0.25, -0.2) is 0 Å². The van der Waals surface area contributed by atoms with Crippen molar-refractivity contribution < 1.29 is 19.4 Å². The van der Waals surface area contributed by atoms with Gasteiger partial charge in [0.15, 0.2) is 0 Å².